The van der Waals surface area contributed by atoms with Crippen molar-refractivity contribution in [2.45, 2.75) is 191 Å². The van der Waals surface area contributed by atoms with Crippen LogP contribution in [0.3, 0.4) is 0 Å². The van der Waals surface area contributed by atoms with Crippen LogP contribution in [0.4, 0.5) is 0 Å². The van der Waals surface area contributed by atoms with E-state index in [1.807, 2.05) is 13.8 Å². The van der Waals surface area contributed by atoms with Gasteiger partial charge >= 0.3 is 0 Å². The molecule has 18 nitrogen and oxygen atoms in total. The van der Waals surface area contributed by atoms with Gasteiger partial charge in [0.1, 0.15) is 78.7 Å². The smallest absolute Gasteiger partial charge is 0.187 e. The van der Waals surface area contributed by atoms with Crippen LogP contribution in [0.15, 0.2) is 11.6 Å². The normalized spacial score (nSPS) is 49.9. The highest BCUT2D eigenvalue weighted by molar-refractivity contribution is 5.92. The van der Waals surface area contributed by atoms with E-state index in [0.717, 1.165) is 25.7 Å². The fraction of sp³-hybridized carbons (Fsp3) is 0.911. The number of aliphatic hydroxyl groups excluding tert-OH is 10. The number of ketones is 2. The van der Waals surface area contributed by atoms with Crippen molar-refractivity contribution in [2.75, 3.05) is 19.8 Å². The molecule has 0 amide bonds. The number of aliphatic hydroxyl groups is 10. The lowest BCUT2D eigenvalue weighted by atomic mass is 9.47. The number of hydrogen-bond donors (Lipinski definition) is 10. The quantitative estimate of drug-likeness (QED) is 0.0957. The third-order valence-electron chi connectivity index (χ3n) is 16.5. The molecule has 3 saturated carbocycles. The number of allylic oxidation sites excluding steroid dienone is 1. The third-order valence-corrected chi connectivity index (χ3v) is 16.5. The number of carbonyl (C=O) groups is 2. The van der Waals surface area contributed by atoms with Crippen molar-refractivity contribution in [2.24, 2.45) is 46.3 Å². The van der Waals surface area contributed by atoms with Gasteiger partial charge in [-0.3, -0.25) is 9.59 Å². The second kappa shape index (κ2) is 19.6. The van der Waals surface area contributed by atoms with Crippen LogP contribution in [0, 0.1) is 46.3 Å². The lowest BCUT2D eigenvalue weighted by molar-refractivity contribution is -0.369. The second-order valence-corrected chi connectivity index (χ2v) is 20.4. The molecule has 0 aromatic heterocycles. The van der Waals surface area contributed by atoms with E-state index in [0.29, 0.717) is 31.6 Å². The Morgan fingerprint density at radius 1 is 0.762 bits per heavy atom. The minimum absolute atomic E-state index is 0.0171. The molecule has 10 N–H and O–H groups in total. The van der Waals surface area contributed by atoms with Crippen molar-refractivity contribution >= 4 is 11.6 Å². The first-order valence-corrected chi connectivity index (χ1v) is 23.1. The van der Waals surface area contributed by atoms with Crippen LogP contribution in [-0.2, 0) is 38.0 Å². The molecule has 3 saturated heterocycles. The number of carbonyl (C=O) groups excluding carboxylic acids is 2. The fourth-order valence-electron chi connectivity index (χ4n) is 12.6. The molecule has 24 atom stereocenters. The van der Waals surface area contributed by atoms with Gasteiger partial charge < -0.3 is 79.5 Å². The maximum absolute atomic E-state index is 14.0. The molecular formula is C45H72O18. The SMILES string of the molecule is CC1O[C@@H](OC2[C@H](OC3CC[C@@]4(C)C(=CC[C@H]5[C@@H]6CC(=O)[C@H]([C@H](C)C(=O)CC[C@@H](C)CO[C@@H]7OC(CO)[C@@H](O)[C@H](O)C7O)[C@@]6(C)CC[C@@H]54)C3)OC(CO)[C@@H](O)[C@@H]2O)C(O)[C@@H](O)[C@H]1O. The topological polar surface area (TPSA) is 292 Å². The van der Waals surface area contributed by atoms with E-state index in [-0.39, 0.29) is 59.3 Å². The summed E-state index contributed by atoms with van der Waals surface area (Å²) in [5.41, 5.74) is 0.735. The van der Waals surface area contributed by atoms with E-state index in [1.165, 1.54) is 12.5 Å². The van der Waals surface area contributed by atoms with E-state index in [9.17, 15) is 60.7 Å². The van der Waals surface area contributed by atoms with Gasteiger partial charge in [-0.1, -0.05) is 39.3 Å². The van der Waals surface area contributed by atoms with Gasteiger partial charge in [-0.15, -0.1) is 0 Å². The highest BCUT2D eigenvalue weighted by Crippen LogP contribution is 2.66. The Hall–Kier alpha value is -1.56. The third kappa shape index (κ3) is 9.24. The van der Waals surface area contributed by atoms with Crippen LogP contribution < -0.4 is 0 Å². The molecule has 18 heteroatoms. The van der Waals surface area contributed by atoms with E-state index in [2.05, 4.69) is 19.9 Å². The molecule has 3 heterocycles. The zero-order valence-corrected chi connectivity index (χ0v) is 37.0. The monoisotopic (exact) mass is 900 g/mol. The standard InChI is InChI=1S/C45H72O18/c1-19(18-58-41-38(56)36(54)33(51)29(16-46)61-41)6-9-27(48)20(2)31-28(49)15-26-24-8-7-22-14-23(10-12-44(22,4)25(24)11-13-45(26,31)5)60-43-40(37(55)34(52)30(17-47)62-43)63-42-39(57)35(53)32(50)21(3)59-42/h7,19-21,23-26,29-43,46-47,50-57H,6,8-18H2,1-5H3/t19-,20-,21?,23?,24-,25+,26+,29?,30?,31+,32+,33-,34-,35+,36+,37+,38?,39?,40?,41-,42+,43-,44+,45+/m1/s1. The van der Waals surface area contributed by atoms with Gasteiger partial charge in [0.05, 0.1) is 32.0 Å². The summed E-state index contributed by atoms with van der Waals surface area (Å²) in [4.78, 5) is 27.8. The first-order chi connectivity index (χ1) is 29.7. The predicted octanol–water partition coefficient (Wildman–Crippen LogP) is -0.781. The molecule has 3 aliphatic heterocycles. The van der Waals surface area contributed by atoms with Gasteiger partial charge in [0.25, 0.3) is 0 Å². The molecule has 360 valence electrons. The summed E-state index contributed by atoms with van der Waals surface area (Å²) < 4.78 is 35.1. The molecular weight excluding hydrogens is 828 g/mol. The Kier molecular flexibility index (Phi) is 15.3. The van der Waals surface area contributed by atoms with E-state index in [1.54, 1.807) is 0 Å². The molecule has 4 aliphatic carbocycles. The van der Waals surface area contributed by atoms with Crippen molar-refractivity contribution < 1.29 is 89.1 Å². The van der Waals surface area contributed by atoms with Crippen LogP contribution in [0.1, 0.15) is 92.4 Å². The zero-order chi connectivity index (χ0) is 45.9. The van der Waals surface area contributed by atoms with Gasteiger partial charge in [0.15, 0.2) is 18.9 Å². The Morgan fingerprint density at radius 3 is 2.08 bits per heavy atom. The zero-order valence-electron chi connectivity index (χ0n) is 37.0. The molecule has 63 heavy (non-hydrogen) atoms. The van der Waals surface area contributed by atoms with E-state index >= 15 is 0 Å². The van der Waals surface area contributed by atoms with Gasteiger partial charge in [-0.25, -0.2) is 0 Å². The van der Waals surface area contributed by atoms with Crippen LogP contribution >= 0.6 is 0 Å². The summed E-state index contributed by atoms with van der Waals surface area (Å²) in [6.45, 7) is 8.71. The summed E-state index contributed by atoms with van der Waals surface area (Å²) in [6, 6.07) is 0. The van der Waals surface area contributed by atoms with Crippen molar-refractivity contribution in [3.8, 4) is 0 Å². The molecule has 0 aromatic carbocycles. The fourth-order valence-corrected chi connectivity index (χ4v) is 12.6. The molecule has 7 unspecified atom stereocenters. The number of fused-ring (bicyclic) bond motifs is 5. The lowest BCUT2D eigenvalue weighted by Gasteiger charge is -2.58. The van der Waals surface area contributed by atoms with E-state index in [4.69, 9.17) is 28.4 Å². The summed E-state index contributed by atoms with van der Waals surface area (Å²) in [7, 11) is 0. The highest BCUT2D eigenvalue weighted by Gasteiger charge is 2.63. The van der Waals surface area contributed by atoms with Gasteiger partial charge in [-0.2, -0.15) is 0 Å². The maximum Gasteiger partial charge on any atom is 0.187 e. The van der Waals surface area contributed by atoms with Crippen molar-refractivity contribution in [3.63, 3.8) is 0 Å². The maximum atomic E-state index is 14.0. The summed E-state index contributed by atoms with van der Waals surface area (Å²) in [6.07, 6.45) is -13.4. The number of ether oxygens (including phenoxy) is 6. The summed E-state index contributed by atoms with van der Waals surface area (Å²) in [5.74, 6) is -0.137. The number of rotatable bonds is 14. The predicted molar refractivity (Wildman–Crippen MR) is 218 cm³/mol. The average Bonchev–Trinajstić information content (AvgIpc) is 3.54. The van der Waals surface area contributed by atoms with Crippen molar-refractivity contribution in [3.05, 3.63) is 11.6 Å². The van der Waals surface area contributed by atoms with E-state index < -0.39 is 117 Å². The highest BCUT2D eigenvalue weighted by atomic mass is 16.8. The minimum Gasteiger partial charge on any atom is -0.394 e. The first kappa shape index (κ1) is 49.3. The Balaban J connectivity index is 0.964. The van der Waals surface area contributed by atoms with Gasteiger partial charge in [0, 0.05) is 24.7 Å². The Bertz CT molecular complexity index is 1630. The van der Waals surface area contributed by atoms with Gasteiger partial charge in [-0.05, 0) is 86.4 Å². The molecule has 7 rings (SSSR count). The van der Waals surface area contributed by atoms with Crippen molar-refractivity contribution in [1.82, 2.24) is 0 Å². The van der Waals surface area contributed by atoms with Crippen LogP contribution in [0.2, 0.25) is 0 Å². The largest absolute Gasteiger partial charge is 0.394 e. The summed E-state index contributed by atoms with van der Waals surface area (Å²) >= 11 is 0. The van der Waals surface area contributed by atoms with Crippen molar-refractivity contribution in [1.29, 1.82) is 0 Å². The minimum atomic E-state index is -1.67. The van der Waals surface area contributed by atoms with Crippen LogP contribution in [-0.4, -0.2) is 181 Å². The second-order valence-electron chi connectivity index (χ2n) is 20.4. The number of hydrogen-bond acceptors (Lipinski definition) is 18. The molecule has 0 spiro atoms. The average molecular weight is 901 g/mol. The molecule has 0 aromatic rings. The van der Waals surface area contributed by atoms with Gasteiger partial charge in [0.2, 0.25) is 0 Å². The van der Waals surface area contributed by atoms with Crippen LogP contribution in [0.5, 0.6) is 0 Å². The molecule has 0 radical (unpaired) electrons. The molecule has 7 aliphatic rings. The molecule has 6 fully saturated rings. The summed E-state index contributed by atoms with van der Waals surface area (Å²) in [5, 5.41) is 103. The van der Waals surface area contributed by atoms with Crippen LogP contribution in [0.25, 0.3) is 0 Å². The lowest BCUT2D eigenvalue weighted by Crippen LogP contribution is -2.64. The molecule has 0 bridgehead atoms. The Morgan fingerprint density at radius 2 is 1.40 bits per heavy atom. The first-order valence-electron chi connectivity index (χ1n) is 23.1. The number of Topliss-reactive ketones (excluding diaryl/α,β-unsaturated/α-hetero) is 2. The Labute approximate surface area is 368 Å².